The summed E-state index contributed by atoms with van der Waals surface area (Å²) in [6.07, 6.45) is 0.376. The van der Waals surface area contributed by atoms with E-state index in [4.69, 9.17) is 21.1 Å². The van der Waals surface area contributed by atoms with Crippen molar-refractivity contribution >= 4 is 33.2 Å². The zero-order valence-electron chi connectivity index (χ0n) is 17.5. The third kappa shape index (κ3) is 5.35. The maximum absolute atomic E-state index is 12.5. The Hall–Kier alpha value is -2.33. The van der Waals surface area contributed by atoms with Crippen LogP contribution in [0.15, 0.2) is 42.5 Å². The number of rotatable bonds is 7. The number of anilines is 1. The van der Waals surface area contributed by atoms with Crippen molar-refractivity contribution in [3.05, 3.63) is 58.6 Å². The molecule has 0 radical (unpaired) electrons. The van der Waals surface area contributed by atoms with E-state index in [2.05, 4.69) is 10.0 Å². The molecule has 0 spiro atoms. The van der Waals surface area contributed by atoms with Crippen LogP contribution in [0.4, 0.5) is 5.69 Å². The highest BCUT2D eigenvalue weighted by Gasteiger charge is 2.46. The number of aliphatic hydroxyl groups excluding tert-OH is 1. The fourth-order valence-electron chi connectivity index (χ4n) is 4.25. The monoisotopic (exact) mass is 480 g/mol. The number of halogens is 1. The van der Waals surface area contributed by atoms with Gasteiger partial charge in [0.25, 0.3) is 0 Å². The Morgan fingerprint density at radius 1 is 1.22 bits per heavy atom. The van der Waals surface area contributed by atoms with Gasteiger partial charge in [-0.15, -0.1) is 0 Å². The van der Waals surface area contributed by atoms with E-state index in [-0.39, 0.29) is 24.9 Å². The number of carbonyl (C=O) groups excluding carboxylic acids is 1. The number of hydrogen-bond acceptors (Lipinski definition) is 6. The van der Waals surface area contributed by atoms with Gasteiger partial charge in [0, 0.05) is 28.7 Å². The molecule has 1 fully saturated rings. The van der Waals surface area contributed by atoms with Crippen molar-refractivity contribution in [1.82, 2.24) is 5.32 Å². The van der Waals surface area contributed by atoms with Crippen LogP contribution in [0.3, 0.4) is 0 Å². The van der Waals surface area contributed by atoms with E-state index in [0.29, 0.717) is 29.4 Å². The van der Waals surface area contributed by atoms with Gasteiger partial charge in [0.05, 0.1) is 25.4 Å². The fourth-order valence-corrected chi connectivity index (χ4v) is 4.93. The molecule has 2 aromatic carbocycles. The second-order valence-corrected chi connectivity index (χ2v) is 10.3. The summed E-state index contributed by atoms with van der Waals surface area (Å²) < 4.78 is 37.6. The first-order valence-electron chi connectivity index (χ1n) is 10.3. The lowest BCUT2D eigenvalue weighted by Crippen LogP contribution is -2.47. The van der Waals surface area contributed by atoms with E-state index >= 15 is 0 Å². The summed E-state index contributed by atoms with van der Waals surface area (Å²) in [5, 5.41) is 13.4. The predicted octanol–water partition coefficient (Wildman–Crippen LogP) is 2.41. The van der Waals surface area contributed by atoms with Crippen molar-refractivity contribution in [3.63, 3.8) is 0 Å². The molecule has 2 aliphatic heterocycles. The van der Waals surface area contributed by atoms with Crippen molar-refractivity contribution in [2.24, 2.45) is 0 Å². The average Bonchev–Trinajstić information content (AvgIpc) is 3.09. The van der Waals surface area contributed by atoms with Crippen molar-refractivity contribution in [1.29, 1.82) is 0 Å². The normalized spacial score (nSPS) is 24.2. The number of carbonyl (C=O) groups is 1. The highest BCUT2D eigenvalue weighted by molar-refractivity contribution is 7.92. The van der Waals surface area contributed by atoms with Gasteiger partial charge in [-0.3, -0.25) is 9.52 Å². The van der Waals surface area contributed by atoms with Crippen molar-refractivity contribution in [2.75, 3.05) is 17.6 Å². The van der Waals surface area contributed by atoms with Gasteiger partial charge in [0.2, 0.25) is 15.9 Å². The molecule has 0 unspecified atom stereocenters. The van der Waals surface area contributed by atoms with Gasteiger partial charge in [-0.05, 0) is 42.3 Å². The minimum Gasteiger partial charge on any atom is -0.487 e. The van der Waals surface area contributed by atoms with Crippen molar-refractivity contribution in [3.8, 4) is 5.75 Å². The Labute approximate surface area is 191 Å². The number of fused-ring (bicyclic) bond motifs is 3. The maximum Gasteiger partial charge on any atom is 0.229 e. The molecule has 0 aliphatic carbocycles. The molecule has 10 heteroatoms. The molecule has 2 heterocycles. The summed E-state index contributed by atoms with van der Waals surface area (Å²) in [6, 6.07) is 12.3. The van der Waals surface area contributed by atoms with E-state index in [9.17, 15) is 18.3 Å². The molecule has 4 rings (SSSR count). The van der Waals surface area contributed by atoms with Gasteiger partial charge in [-0.2, -0.15) is 0 Å². The maximum atomic E-state index is 12.5. The lowest BCUT2D eigenvalue weighted by atomic mass is 9.84. The molecule has 32 heavy (non-hydrogen) atoms. The lowest BCUT2D eigenvalue weighted by molar-refractivity contribution is -0.142. The summed E-state index contributed by atoms with van der Waals surface area (Å²) in [4.78, 5) is 12.5. The number of aliphatic hydroxyl groups is 1. The van der Waals surface area contributed by atoms with Crippen LogP contribution in [0.5, 0.6) is 5.75 Å². The summed E-state index contributed by atoms with van der Waals surface area (Å²) >= 11 is 5.88. The van der Waals surface area contributed by atoms with Gasteiger partial charge in [-0.25, -0.2) is 8.42 Å². The van der Waals surface area contributed by atoms with Crippen LogP contribution in [-0.4, -0.2) is 50.6 Å². The van der Waals surface area contributed by atoms with Gasteiger partial charge >= 0.3 is 0 Å². The summed E-state index contributed by atoms with van der Waals surface area (Å²) in [7, 11) is -3.41. The van der Waals surface area contributed by atoms with Crippen LogP contribution in [0.25, 0.3) is 0 Å². The summed E-state index contributed by atoms with van der Waals surface area (Å²) in [6.45, 7) is 0.136. The van der Waals surface area contributed by atoms with Crippen molar-refractivity contribution in [2.45, 2.75) is 43.6 Å². The quantitative estimate of drug-likeness (QED) is 0.560. The average molecular weight is 481 g/mol. The molecule has 172 valence electrons. The molecule has 4 atom stereocenters. The topological polar surface area (TPSA) is 114 Å². The molecule has 1 amide bonds. The van der Waals surface area contributed by atoms with E-state index in [1.165, 1.54) is 0 Å². The number of hydrogen-bond donors (Lipinski definition) is 3. The Balaban J connectivity index is 1.43. The molecule has 0 saturated carbocycles. The van der Waals surface area contributed by atoms with E-state index < -0.39 is 28.3 Å². The number of benzene rings is 2. The number of ether oxygens (including phenoxy) is 2. The second-order valence-electron chi connectivity index (χ2n) is 8.14. The van der Waals surface area contributed by atoms with Crippen molar-refractivity contribution < 1.29 is 27.8 Å². The summed E-state index contributed by atoms with van der Waals surface area (Å²) in [5.74, 6) is 0.354. The minimum absolute atomic E-state index is 0.119. The first-order chi connectivity index (χ1) is 15.2. The molecule has 1 saturated heterocycles. The highest BCUT2D eigenvalue weighted by atomic mass is 35.5. The Kier molecular flexibility index (Phi) is 6.62. The van der Waals surface area contributed by atoms with Crippen LogP contribution in [0.1, 0.15) is 29.9 Å². The third-order valence-electron chi connectivity index (χ3n) is 5.62. The Morgan fingerprint density at radius 3 is 2.66 bits per heavy atom. The predicted molar refractivity (Wildman–Crippen MR) is 120 cm³/mol. The first kappa shape index (κ1) is 22.8. The van der Waals surface area contributed by atoms with Crippen LogP contribution < -0.4 is 14.8 Å². The molecule has 2 aromatic rings. The highest BCUT2D eigenvalue weighted by Crippen LogP contribution is 2.47. The molecular formula is C22H25ClN2O6S. The van der Waals surface area contributed by atoms with E-state index in [1.54, 1.807) is 30.3 Å². The van der Waals surface area contributed by atoms with Crippen LogP contribution in [0.2, 0.25) is 5.02 Å². The van der Waals surface area contributed by atoms with E-state index in [1.807, 2.05) is 12.1 Å². The van der Waals surface area contributed by atoms with Crippen LogP contribution in [0, 0.1) is 0 Å². The standard InChI is InChI=1S/C22H25ClN2O6S/c1-32(28,29)25-15-6-7-19-17(8-15)18-9-16(30-20(12-26)22(18)31-19)10-21(27)24-11-13-2-4-14(23)5-3-13/h2-8,16,18,20,22,25-26H,9-12H2,1H3,(H,24,27)/t16-,18+,20+,22-/m1/s1. The minimum atomic E-state index is -3.41. The largest absolute Gasteiger partial charge is 0.487 e. The molecule has 0 aromatic heterocycles. The lowest BCUT2D eigenvalue weighted by Gasteiger charge is -2.37. The third-order valence-corrected chi connectivity index (χ3v) is 6.48. The Bertz CT molecular complexity index is 1090. The number of nitrogens with one attached hydrogen (secondary N) is 2. The van der Waals surface area contributed by atoms with Gasteiger partial charge in [0.15, 0.2) is 0 Å². The molecule has 3 N–H and O–H groups in total. The smallest absolute Gasteiger partial charge is 0.229 e. The number of amides is 1. The van der Waals surface area contributed by atoms with Gasteiger partial charge < -0.3 is 19.9 Å². The second kappa shape index (κ2) is 9.27. The van der Waals surface area contributed by atoms with Crippen LogP contribution in [-0.2, 0) is 26.1 Å². The zero-order valence-corrected chi connectivity index (χ0v) is 19.0. The molecule has 2 aliphatic rings. The van der Waals surface area contributed by atoms with E-state index in [0.717, 1.165) is 17.4 Å². The zero-order chi connectivity index (χ0) is 22.9. The van der Waals surface area contributed by atoms with Crippen LogP contribution >= 0.6 is 11.6 Å². The molecule has 8 nitrogen and oxygen atoms in total. The Morgan fingerprint density at radius 2 is 1.97 bits per heavy atom. The van der Waals surface area contributed by atoms with Gasteiger partial charge in [-0.1, -0.05) is 23.7 Å². The fraction of sp³-hybridized carbons (Fsp3) is 0.409. The molecular weight excluding hydrogens is 456 g/mol. The van der Waals surface area contributed by atoms with Gasteiger partial charge in [0.1, 0.15) is 18.0 Å². The molecule has 0 bridgehead atoms. The first-order valence-corrected chi connectivity index (χ1v) is 12.5. The SMILES string of the molecule is CS(=O)(=O)Nc1ccc2c(c1)[C@@H]1C[C@H](CC(=O)NCc3ccc(Cl)cc3)O[C@@H](CO)[C@@H]1O2. The number of sulfonamides is 1. The summed E-state index contributed by atoms with van der Waals surface area (Å²) in [5.41, 5.74) is 2.22.